The Kier molecular flexibility index (Phi) is 5.27. The van der Waals surface area contributed by atoms with E-state index in [4.69, 9.17) is 16.3 Å². The lowest BCUT2D eigenvalue weighted by Crippen LogP contribution is -2.43. The van der Waals surface area contributed by atoms with Crippen molar-refractivity contribution in [3.05, 3.63) is 68.6 Å². The monoisotopic (exact) mass is 401 g/mol. The third-order valence-corrected chi connectivity index (χ3v) is 6.05. The van der Waals surface area contributed by atoms with Gasteiger partial charge in [0.1, 0.15) is 5.56 Å². The van der Waals surface area contributed by atoms with Crippen LogP contribution in [-0.4, -0.2) is 47.2 Å². The van der Waals surface area contributed by atoms with Crippen LogP contribution in [0.3, 0.4) is 0 Å². The molecule has 1 amide bonds. The first-order valence-corrected chi connectivity index (χ1v) is 9.89. The Labute approximate surface area is 169 Å². The van der Waals surface area contributed by atoms with E-state index in [0.717, 1.165) is 30.8 Å². The maximum Gasteiger partial charge on any atom is 0.263 e. The first-order valence-electron chi connectivity index (χ1n) is 9.51. The number of nitrogens with zero attached hydrogens (tertiary/aromatic N) is 2. The van der Waals surface area contributed by atoms with Crippen LogP contribution in [0.2, 0.25) is 5.02 Å². The van der Waals surface area contributed by atoms with Crippen molar-refractivity contribution in [3.63, 3.8) is 0 Å². The quantitative estimate of drug-likeness (QED) is 0.857. The number of aryl methyl sites for hydroxylation is 1. The Hall–Kier alpha value is -2.15. The molecule has 28 heavy (non-hydrogen) atoms. The molecular formula is C21H24ClN3O3. The highest BCUT2D eigenvalue weighted by Crippen LogP contribution is 2.30. The molecule has 0 spiro atoms. The summed E-state index contributed by atoms with van der Waals surface area (Å²) >= 11 is 5.97. The first-order chi connectivity index (χ1) is 13.4. The second-order valence-corrected chi connectivity index (χ2v) is 8.08. The van der Waals surface area contributed by atoms with Gasteiger partial charge in [0.15, 0.2) is 0 Å². The fraction of sp³-hybridized carbons (Fsp3) is 0.429. The number of ether oxygens (including phenoxy) is 1. The molecule has 4 rings (SSSR count). The predicted octanol–water partition coefficient (Wildman–Crippen LogP) is 2.29. The molecule has 3 heterocycles. The number of hydrogen-bond donors (Lipinski definition) is 1. The summed E-state index contributed by atoms with van der Waals surface area (Å²) in [7, 11) is 1.68. The number of amides is 1. The molecule has 148 valence electrons. The second-order valence-electron chi connectivity index (χ2n) is 7.64. The number of pyridine rings is 1. The molecule has 0 radical (unpaired) electrons. The topological polar surface area (TPSA) is 63.6 Å². The van der Waals surface area contributed by atoms with Crippen LogP contribution in [0.5, 0.6) is 0 Å². The molecule has 2 aliphatic heterocycles. The van der Waals surface area contributed by atoms with Crippen molar-refractivity contribution in [3.8, 4) is 0 Å². The van der Waals surface area contributed by atoms with Gasteiger partial charge in [0.05, 0.1) is 12.7 Å². The smallest absolute Gasteiger partial charge is 0.263 e. The van der Waals surface area contributed by atoms with E-state index in [1.165, 1.54) is 4.57 Å². The zero-order valence-electron chi connectivity index (χ0n) is 16.0. The molecular weight excluding hydrogens is 378 g/mol. The standard InChI is InChI=1S/C21H24ClN3O3/c1-13-3-8-18(21(27)24(13)2)20(26)23-16-9-17-12-28-19(11-25(17)10-16)14-4-6-15(22)7-5-14/h3-8,16-17,19H,9-12H2,1-2H3,(H,23,26)/t16-,17+,19-/m1/s1. The molecule has 6 nitrogen and oxygen atoms in total. The van der Waals surface area contributed by atoms with Crippen molar-refractivity contribution in [2.45, 2.75) is 31.5 Å². The first kappa shape index (κ1) is 19.2. The number of halogens is 1. The summed E-state index contributed by atoms with van der Waals surface area (Å²) in [5, 5.41) is 3.75. The van der Waals surface area contributed by atoms with Gasteiger partial charge in [-0.2, -0.15) is 0 Å². The predicted molar refractivity (Wildman–Crippen MR) is 108 cm³/mol. The number of morpholine rings is 1. The summed E-state index contributed by atoms with van der Waals surface area (Å²) in [6, 6.07) is 11.4. The lowest BCUT2D eigenvalue weighted by atomic mass is 10.1. The normalized spacial score (nSPS) is 24.8. The lowest BCUT2D eigenvalue weighted by Gasteiger charge is -2.35. The summed E-state index contributed by atoms with van der Waals surface area (Å²) in [6.45, 7) is 4.02. The highest BCUT2D eigenvalue weighted by molar-refractivity contribution is 6.30. The van der Waals surface area contributed by atoms with Crippen molar-refractivity contribution in [1.82, 2.24) is 14.8 Å². The molecule has 2 fully saturated rings. The molecule has 3 atom stereocenters. The third kappa shape index (κ3) is 3.72. The molecule has 1 aromatic carbocycles. The summed E-state index contributed by atoms with van der Waals surface area (Å²) in [5.41, 5.74) is 1.86. The molecule has 0 saturated carbocycles. The molecule has 1 aromatic heterocycles. The van der Waals surface area contributed by atoms with Gasteiger partial charge in [0.2, 0.25) is 0 Å². The summed E-state index contributed by atoms with van der Waals surface area (Å²) in [6.07, 6.45) is 0.831. The van der Waals surface area contributed by atoms with Crippen LogP contribution >= 0.6 is 11.6 Å². The number of nitrogens with one attached hydrogen (secondary N) is 1. The van der Waals surface area contributed by atoms with Gasteiger partial charge in [-0.25, -0.2) is 0 Å². The maximum atomic E-state index is 12.6. The number of benzene rings is 1. The number of carbonyl (C=O) groups is 1. The number of aromatic nitrogens is 1. The van der Waals surface area contributed by atoms with Gasteiger partial charge in [-0.1, -0.05) is 23.7 Å². The summed E-state index contributed by atoms with van der Waals surface area (Å²) in [4.78, 5) is 27.3. The molecule has 0 unspecified atom stereocenters. The van der Waals surface area contributed by atoms with Crippen molar-refractivity contribution >= 4 is 17.5 Å². The Balaban J connectivity index is 1.40. The average molecular weight is 402 g/mol. The van der Waals surface area contributed by atoms with Crippen LogP contribution < -0.4 is 10.9 Å². The number of fused-ring (bicyclic) bond motifs is 1. The van der Waals surface area contributed by atoms with Crippen LogP contribution in [0, 0.1) is 6.92 Å². The van der Waals surface area contributed by atoms with Crippen LogP contribution in [0.15, 0.2) is 41.2 Å². The average Bonchev–Trinajstić information content (AvgIpc) is 3.08. The fourth-order valence-electron chi connectivity index (χ4n) is 4.02. The van der Waals surface area contributed by atoms with Gasteiger partial charge >= 0.3 is 0 Å². The SMILES string of the molecule is Cc1ccc(C(=O)N[C@@H]2C[C@H]3CO[C@@H](c4ccc(Cl)cc4)CN3C2)c(=O)n1C. The van der Waals surface area contributed by atoms with E-state index < -0.39 is 0 Å². The van der Waals surface area contributed by atoms with Gasteiger partial charge in [-0.3, -0.25) is 14.5 Å². The van der Waals surface area contributed by atoms with Gasteiger partial charge in [-0.05, 0) is 43.2 Å². The molecule has 0 bridgehead atoms. The Morgan fingerprint density at radius 1 is 1.18 bits per heavy atom. The minimum Gasteiger partial charge on any atom is -0.371 e. The van der Waals surface area contributed by atoms with Gasteiger partial charge < -0.3 is 14.6 Å². The van der Waals surface area contributed by atoms with Gasteiger partial charge in [-0.15, -0.1) is 0 Å². The number of hydrogen-bond acceptors (Lipinski definition) is 4. The van der Waals surface area contributed by atoms with Crippen molar-refractivity contribution in [2.75, 3.05) is 19.7 Å². The maximum absolute atomic E-state index is 12.6. The Morgan fingerprint density at radius 3 is 2.68 bits per heavy atom. The van der Waals surface area contributed by atoms with Crippen molar-refractivity contribution in [1.29, 1.82) is 0 Å². The van der Waals surface area contributed by atoms with Crippen LogP contribution in [0.1, 0.15) is 34.1 Å². The third-order valence-electron chi connectivity index (χ3n) is 5.79. The van der Waals surface area contributed by atoms with Crippen LogP contribution in [0.25, 0.3) is 0 Å². The van der Waals surface area contributed by atoms with E-state index >= 15 is 0 Å². The van der Waals surface area contributed by atoms with Crippen molar-refractivity contribution in [2.24, 2.45) is 7.05 Å². The molecule has 2 aliphatic rings. The Bertz CT molecular complexity index is 941. The van der Waals surface area contributed by atoms with E-state index in [9.17, 15) is 9.59 Å². The van der Waals surface area contributed by atoms with E-state index in [1.54, 1.807) is 19.2 Å². The minimum atomic E-state index is -0.305. The molecule has 0 aliphatic carbocycles. The van der Waals surface area contributed by atoms with E-state index in [2.05, 4.69) is 10.2 Å². The largest absolute Gasteiger partial charge is 0.371 e. The zero-order chi connectivity index (χ0) is 19.8. The summed E-state index contributed by atoms with van der Waals surface area (Å²) < 4.78 is 7.55. The fourth-order valence-corrected chi connectivity index (χ4v) is 4.15. The van der Waals surface area contributed by atoms with Crippen molar-refractivity contribution < 1.29 is 9.53 Å². The van der Waals surface area contributed by atoms with E-state index in [1.807, 2.05) is 31.2 Å². The van der Waals surface area contributed by atoms with E-state index in [0.29, 0.717) is 11.6 Å². The number of carbonyl (C=O) groups excluding carboxylic acids is 1. The lowest BCUT2D eigenvalue weighted by molar-refractivity contribution is -0.0502. The minimum absolute atomic E-state index is 0.00682. The zero-order valence-corrected chi connectivity index (χ0v) is 16.8. The molecule has 2 aromatic rings. The van der Waals surface area contributed by atoms with Crippen LogP contribution in [-0.2, 0) is 11.8 Å². The second kappa shape index (κ2) is 7.70. The highest BCUT2D eigenvalue weighted by Gasteiger charge is 2.38. The van der Waals surface area contributed by atoms with Gasteiger partial charge in [0.25, 0.3) is 11.5 Å². The highest BCUT2D eigenvalue weighted by atomic mass is 35.5. The Morgan fingerprint density at radius 2 is 1.93 bits per heavy atom. The van der Waals surface area contributed by atoms with E-state index in [-0.39, 0.29) is 35.2 Å². The molecule has 1 N–H and O–H groups in total. The van der Waals surface area contributed by atoms with Crippen LogP contribution in [0.4, 0.5) is 0 Å². The van der Waals surface area contributed by atoms with Gasteiger partial charge in [0, 0.05) is 42.9 Å². The number of rotatable bonds is 3. The summed E-state index contributed by atoms with van der Waals surface area (Å²) in [5.74, 6) is -0.305. The molecule has 7 heteroatoms. The molecule has 2 saturated heterocycles.